The Kier molecular flexibility index (Phi) is 9.27. The number of carboxylic acid groups (broad SMARTS) is 1. The Bertz CT molecular complexity index is 1190. The monoisotopic (exact) mass is 604 g/mol. The summed E-state index contributed by atoms with van der Waals surface area (Å²) in [6.07, 6.45) is 3.63. The van der Waals surface area contributed by atoms with Crippen molar-refractivity contribution in [2.75, 3.05) is 4.72 Å². The number of carboxylic acids is 1. The molecule has 0 aromatic heterocycles. The molecule has 0 atom stereocenters. The normalized spacial score (nSPS) is 17.5. The summed E-state index contributed by atoms with van der Waals surface area (Å²) in [7, 11) is -3.65. The highest BCUT2D eigenvalue weighted by Crippen LogP contribution is 2.49. The van der Waals surface area contributed by atoms with Gasteiger partial charge in [0.15, 0.2) is 0 Å². The molecule has 37 heavy (non-hydrogen) atoms. The van der Waals surface area contributed by atoms with Crippen LogP contribution in [0.3, 0.4) is 0 Å². The molecule has 0 heterocycles. The van der Waals surface area contributed by atoms with E-state index in [9.17, 15) is 26.4 Å². The fourth-order valence-electron chi connectivity index (χ4n) is 4.20. The van der Waals surface area contributed by atoms with Gasteiger partial charge in [0.05, 0.1) is 10.3 Å². The van der Waals surface area contributed by atoms with Crippen molar-refractivity contribution >= 4 is 43.5 Å². The molecule has 2 fully saturated rings. The van der Waals surface area contributed by atoms with E-state index in [2.05, 4.69) is 26.0 Å². The zero-order valence-electron chi connectivity index (χ0n) is 19.9. The van der Waals surface area contributed by atoms with Gasteiger partial charge in [-0.3, -0.25) is 9.52 Å². The summed E-state index contributed by atoms with van der Waals surface area (Å²) >= 11 is 3.31. The van der Waals surface area contributed by atoms with Gasteiger partial charge in [-0.05, 0) is 67.6 Å². The number of benzene rings is 2. The molecule has 2 aliphatic carbocycles. The molecule has 0 unspecified atom stereocenters. The third kappa shape index (κ3) is 7.94. The first-order valence-electron chi connectivity index (χ1n) is 11.8. The number of hydrogen-bond donors (Lipinski definition) is 3. The number of rotatable bonds is 6. The van der Waals surface area contributed by atoms with Crippen LogP contribution >= 0.6 is 15.9 Å². The molecule has 2 saturated carbocycles. The molecule has 4 rings (SSSR count). The van der Waals surface area contributed by atoms with Crippen molar-refractivity contribution in [3.8, 4) is 0 Å². The van der Waals surface area contributed by atoms with Crippen molar-refractivity contribution in [1.29, 1.82) is 0 Å². The largest absolute Gasteiger partial charge is 0.490 e. The van der Waals surface area contributed by atoms with Crippen LogP contribution in [0.15, 0.2) is 57.9 Å². The van der Waals surface area contributed by atoms with Gasteiger partial charge in [0.2, 0.25) is 5.91 Å². The third-order valence-electron chi connectivity index (χ3n) is 6.43. The summed E-state index contributed by atoms with van der Waals surface area (Å²) in [4.78, 5) is 22.1. The Hall–Kier alpha value is -2.60. The van der Waals surface area contributed by atoms with Gasteiger partial charge in [-0.2, -0.15) is 13.2 Å². The first kappa shape index (κ1) is 29.0. The van der Waals surface area contributed by atoms with Gasteiger partial charge in [-0.25, -0.2) is 13.2 Å². The van der Waals surface area contributed by atoms with Crippen molar-refractivity contribution < 1.29 is 36.3 Å². The molecule has 2 aromatic carbocycles. The number of hydrogen-bond acceptors (Lipinski definition) is 4. The molecule has 7 nitrogen and oxygen atoms in total. The second kappa shape index (κ2) is 11.8. The highest BCUT2D eigenvalue weighted by atomic mass is 79.9. The quantitative estimate of drug-likeness (QED) is 0.363. The summed E-state index contributed by atoms with van der Waals surface area (Å²) in [6.45, 7) is 0. The number of alkyl halides is 3. The number of nitrogens with one attached hydrogen (secondary N) is 2. The van der Waals surface area contributed by atoms with Crippen molar-refractivity contribution in [3.05, 3.63) is 58.6 Å². The number of halogens is 4. The van der Waals surface area contributed by atoms with E-state index in [-0.39, 0.29) is 16.8 Å². The minimum absolute atomic E-state index is 0.123. The maximum absolute atomic E-state index is 13.0. The van der Waals surface area contributed by atoms with Gasteiger partial charge in [0.25, 0.3) is 10.0 Å². The minimum atomic E-state index is -5.08. The minimum Gasteiger partial charge on any atom is -0.475 e. The lowest BCUT2D eigenvalue weighted by atomic mass is 9.94. The highest BCUT2D eigenvalue weighted by molar-refractivity contribution is 9.10. The number of anilines is 1. The highest BCUT2D eigenvalue weighted by Gasteiger charge is 2.51. The summed E-state index contributed by atoms with van der Waals surface area (Å²) in [5.41, 5.74) is 0.997. The molecule has 2 aliphatic rings. The lowest BCUT2D eigenvalue weighted by Crippen LogP contribution is -2.41. The second-order valence-corrected chi connectivity index (χ2v) is 11.8. The van der Waals surface area contributed by atoms with Gasteiger partial charge >= 0.3 is 12.1 Å². The fourth-order valence-corrected chi connectivity index (χ4v) is 5.53. The Morgan fingerprint density at radius 3 is 1.89 bits per heavy atom. The Labute approximate surface area is 222 Å². The van der Waals surface area contributed by atoms with Gasteiger partial charge in [0, 0.05) is 16.2 Å². The molecule has 0 spiro atoms. The number of sulfonamides is 1. The molecule has 0 radical (unpaired) electrons. The van der Waals surface area contributed by atoms with Gasteiger partial charge in [0.1, 0.15) is 0 Å². The van der Waals surface area contributed by atoms with Crippen molar-refractivity contribution in [2.45, 2.75) is 73.9 Å². The zero-order valence-corrected chi connectivity index (χ0v) is 22.3. The molecule has 3 N–H and O–H groups in total. The standard InChI is InChI=1S/C23H27BrN2O3S.C2HF3O2/c24-18-9-13-21(14-10-18)30(28,29)26-20-11-7-17(8-12-20)23(15-16-23)22(27)25-19-5-3-1-2-4-6-19;3-2(4,5)1(6)7/h7-14,19,26H,1-6,15-16H2,(H,25,27);(H,6,7). The Morgan fingerprint density at radius 1 is 0.919 bits per heavy atom. The molecule has 1 amide bonds. The number of amides is 1. The second-order valence-electron chi connectivity index (χ2n) is 9.18. The Balaban J connectivity index is 0.000000479. The molecule has 12 heteroatoms. The van der Waals surface area contributed by atoms with Crippen LogP contribution in [0.1, 0.15) is 56.9 Å². The maximum Gasteiger partial charge on any atom is 0.490 e. The lowest BCUT2D eigenvalue weighted by Gasteiger charge is -2.22. The maximum atomic E-state index is 13.0. The average molecular weight is 605 g/mol. The molecule has 0 saturated heterocycles. The Morgan fingerprint density at radius 2 is 1.43 bits per heavy atom. The van der Waals surface area contributed by atoms with E-state index in [1.807, 2.05) is 12.1 Å². The predicted octanol–water partition coefficient (Wildman–Crippen LogP) is 5.75. The number of carbonyl (C=O) groups excluding carboxylic acids is 1. The number of carbonyl (C=O) groups is 2. The van der Waals surface area contributed by atoms with E-state index in [4.69, 9.17) is 9.90 Å². The SMILES string of the molecule is O=C(NC1CCCCCC1)C1(c2ccc(NS(=O)(=O)c3ccc(Br)cc3)cc2)CC1.O=C(O)C(F)(F)F. The van der Waals surface area contributed by atoms with Crippen LogP contribution in [0.25, 0.3) is 0 Å². The van der Waals surface area contributed by atoms with Crippen LogP contribution in [0, 0.1) is 0 Å². The van der Waals surface area contributed by atoms with Crippen LogP contribution in [-0.4, -0.2) is 37.6 Å². The first-order chi connectivity index (χ1) is 17.3. The van der Waals surface area contributed by atoms with Crippen LogP contribution < -0.4 is 10.0 Å². The molecule has 202 valence electrons. The summed E-state index contributed by atoms with van der Waals surface area (Å²) < 4.78 is 60.3. The van der Waals surface area contributed by atoms with E-state index in [1.165, 1.54) is 25.7 Å². The molecule has 0 bridgehead atoms. The van der Waals surface area contributed by atoms with Crippen LogP contribution in [-0.2, 0) is 25.0 Å². The summed E-state index contributed by atoms with van der Waals surface area (Å²) in [6, 6.07) is 14.0. The van der Waals surface area contributed by atoms with Gasteiger partial charge in [-0.15, -0.1) is 0 Å². The van der Waals surface area contributed by atoms with Gasteiger partial charge in [-0.1, -0.05) is 53.7 Å². The predicted molar refractivity (Wildman–Crippen MR) is 136 cm³/mol. The average Bonchev–Trinajstić information content (AvgIpc) is 3.65. The van der Waals surface area contributed by atoms with Crippen LogP contribution in [0.5, 0.6) is 0 Å². The lowest BCUT2D eigenvalue weighted by molar-refractivity contribution is -0.192. The van der Waals surface area contributed by atoms with E-state index in [1.54, 1.807) is 36.4 Å². The van der Waals surface area contributed by atoms with Gasteiger partial charge < -0.3 is 10.4 Å². The van der Waals surface area contributed by atoms with Crippen LogP contribution in [0.4, 0.5) is 18.9 Å². The third-order valence-corrected chi connectivity index (χ3v) is 8.36. The topological polar surface area (TPSA) is 113 Å². The fraction of sp³-hybridized carbons (Fsp3) is 0.440. The summed E-state index contributed by atoms with van der Waals surface area (Å²) in [5.74, 6) is -2.63. The summed E-state index contributed by atoms with van der Waals surface area (Å²) in [5, 5.41) is 10.4. The van der Waals surface area contributed by atoms with Crippen LogP contribution in [0.2, 0.25) is 0 Å². The van der Waals surface area contributed by atoms with E-state index in [0.29, 0.717) is 5.69 Å². The number of aliphatic carboxylic acids is 1. The molecular weight excluding hydrogens is 577 g/mol. The molecule has 2 aromatic rings. The first-order valence-corrected chi connectivity index (χ1v) is 14.1. The van der Waals surface area contributed by atoms with E-state index >= 15 is 0 Å². The van der Waals surface area contributed by atoms with Crippen molar-refractivity contribution in [3.63, 3.8) is 0 Å². The smallest absolute Gasteiger partial charge is 0.475 e. The van der Waals surface area contributed by atoms with Crippen molar-refractivity contribution in [1.82, 2.24) is 5.32 Å². The van der Waals surface area contributed by atoms with Crippen molar-refractivity contribution in [2.24, 2.45) is 0 Å². The van der Waals surface area contributed by atoms with E-state index < -0.39 is 27.6 Å². The zero-order chi connectivity index (χ0) is 27.3. The van der Waals surface area contributed by atoms with E-state index in [0.717, 1.165) is 35.7 Å². The molecular formula is C25H28BrF3N2O5S. The molecule has 0 aliphatic heterocycles.